The van der Waals surface area contributed by atoms with Gasteiger partial charge in [-0.15, -0.1) is 0 Å². The first-order valence-corrected chi connectivity index (χ1v) is 10.2. The third-order valence-electron chi connectivity index (χ3n) is 5.06. The highest BCUT2D eigenvalue weighted by Crippen LogP contribution is 2.45. The van der Waals surface area contributed by atoms with Gasteiger partial charge in [0.25, 0.3) is 5.91 Å². The molecule has 4 aromatic rings. The molecule has 0 radical (unpaired) electrons. The van der Waals surface area contributed by atoms with E-state index in [0.717, 1.165) is 22.2 Å². The highest BCUT2D eigenvalue weighted by molar-refractivity contribution is 7.08. The smallest absolute Gasteiger partial charge is 0.295 e. The number of amides is 1. The number of para-hydroxylation sites is 1. The minimum Gasteiger partial charge on any atom is -0.503 e. The van der Waals surface area contributed by atoms with Gasteiger partial charge in [-0.3, -0.25) is 9.69 Å². The van der Waals surface area contributed by atoms with E-state index in [1.54, 1.807) is 22.3 Å². The zero-order valence-corrected chi connectivity index (χ0v) is 16.4. The fourth-order valence-electron chi connectivity index (χ4n) is 3.73. The van der Waals surface area contributed by atoms with E-state index < -0.39 is 11.9 Å². The van der Waals surface area contributed by atoms with Crippen molar-refractivity contribution in [1.29, 1.82) is 0 Å². The van der Waals surface area contributed by atoms with Crippen molar-refractivity contribution >= 4 is 39.5 Å². The first-order chi connectivity index (χ1) is 14.1. The SMILES string of the molecule is Cc1cccc(N2C(=O)C(O)=C(c3ccc4ccccc4n3)[C@H]2c2ccsc2)n1. The van der Waals surface area contributed by atoms with Crippen LogP contribution in [0.1, 0.15) is 23.0 Å². The third-order valence-corrected chi connectivity index (χ3v) is 5.76. The molecule has 6 heteroatoms. The molecule has 1 atom stereocenters. The molecule has 1 amide bonds. The van der Waals surface area contributed by atoms with Crippen molar-refractivity contribution in [3.8, 4) is 0 Å². The minimum absolute atomic E-state index is 0.285. The largest absolute Gasteiger partial charge is 0.503 e. The molecule has 1 aliphatic heterocycles. The molecule has 1 aromatic carbocycles. The minimum atomic E-state index is -0.489. The molecular formula is C23H17N3O2S. The highest BCUT2D eigenvalue weighted by atomic mass is 32.1. The topological polar surface area (TPSA) is 66.3 Å². The standard InChI is InChI=1S/C23H17N3O2S/c1-14-5-4-8-19(24-14)26-21(16-11-12-29-13-16)20(22(27)23(26)28)18-10-9-15-6-2-3-7-17(15)25-18/h2-13,21,27H,1H3/t21-/m1/s1. The Balaban J connectivity index is 1.71. The van der Waals surface area contributed by atoms with Crippen LogP contribution in [0.25, 0.3) is 16.5 Å². The van der Waals surface area contributed by atoms with Crippen LogP contribution in [0.3, 0.4) is 0 Å². The maximum atomic E-state index is 13.1. The van der Waals surface area contributed by atoms with Crippen LogP contribution in [0.4, 0.5) is 5.82 Å². The lowest BCUT2D eigenvalue weighted by molar-refractivity contribution is -0.117. The van der Waals surface area contributed by atoms with Gasteiger partial charge in [-0.2, -0.15) is 11.3 Å². The number of hydrogen-bond donors (Lipinski definition) is 1. The summed E-state index contributed by atoms with van der Waals surface area (Å²) in [6.07, 6.45) is 0. The molecule has 4 heterocycles. The van der Waals surface area contributed by atoms with Crippen LogP contribution in [0.15, 0.2) is 77.2 Å². The molecule has 0 fully saturated rings. The van der Waals surface area contributed by atoms with Gasteiger partial charge in [-0.1, -0.05) is 30.3 Å². The summed E-state index contributed by atoms with van der Waals surface area (Å²) >= 11 is 1.55. The fraction of sp³-hybridized carbons (Fsp3) is 0.0870. The number of anilines is 1. The first-order valence-electron chi connectivity index (χ1n) is 9.22. The van der Waals surface area contributed by atoms with Gasteiger partial charge < -0.3 is 5.11 Å². The number of aliphatic hydroxyl groups excluding tert-OH is 1. The molecule has 0 saturated heterocycles. The molecule has 0 aliphatic carbocycles. The molecule has 0 unspecified atom stereocenters. The number of hydrogen-bond acceptors (Lipinski definition) is 5. The average Bonchev–Trinajstić information content (AvgIpc) is 3.35. The second-order valence-electron chi connectivity index (χ2n) is 6.92. The third kappa shape index (κ3) is 2.89. The summed E-state index contributed by atoms with van der Waals surface area (Å²) in [4.78, 5) is 23.9. The molecular weight excluding hydrogens is 382 g/mol. The molecule has 142 valence electrons. The van der Waals surface area contributed by atoms with E-state index in [9.17, 15) is 9.90 Å². The number of carbonyl (C=O) groups excluding carboxylic acids is 1. The van der Waals surface area contributed by atoms with Crippen molar-refractivity contribution in [3.05, 3.63) is 94.1 Å². The molecule has 5 rings (SSSR count). The lowest BCUT2D eigenvalue weighted by Crippen LogP contribution is -2.30. The van der Waals surface area contributed by atoms with Gasteiger partial charge in [-0.05, 0) is 53.6 Å². The highest BCUT2D eigenvalue weighted by Gasteiger charge is 2.43. The summed E-state index contributed by atoms with van der Waals surface area (Å²) in [6, 6.07) is 18.6. The number of rotatable bonds is 3. The Morgan fingerprint density at radius 1 is 1.00 bits per heavy atom. The maximum absolute atomic E-state index is 13.1. The zero-order chi connectivity index (χ0) is 20.0. The molecule has 5 nitrogen and oxygen atoms in total. The van der Waals surface area contributed by atoms with Gasteiger partial charge in [0.2, 0.25) is 0 Å². The predicted molar refractivity (Wildman–Crippen MR) is 115 cm³/mol. The van der Waals surface area contributed by atoms with Gasteiger partial charge in [-0.25, -0.2) is 9.97 Å². The van der Waals surface area contributed by atoms with Gasteiger partial charge in [0.1, 0.15) is 5.82 Å². The van der Waals surface area contributed by atoms with Crippen molar-refractivity contribution in [1.82, 2.24) is 9.97 Å². The van der Waals surface area contributed by atoms with E-state index in [1.807, 2.05) is 72.3 Å². The van der Waals surface area contributed by atoms with Crippen LogP contribution < -0.4 is 4.90 Å². The van der Waals surface area contributed by atoms with Crippen LogP contribution in [0, 0.1) is 6.92 Å². The quantitative estimate of drug-likeness (QED) is 0.523. The van der Waals surface area contributed by atoms with E-state index in [0.29, 0.717) is 17.1 Å². The van der Waals surface area contributed by atoms with E-state index in [-0.39, 0.29) is 5.76 Å². The van der Waals surface area contributed by atoms with Gasteiger partial charge in [0.15, 0.2) is 5.76 Å². The normalized spacial score (nSPS) is 16.8. The Hall–Kier alpha value is -3.51. The number of thiophene rings is 1. The lowest BCUT2D eigenvalue weighted by Gasteiger charge is -2.25. The molecule has 1 aliphatic rings. The number of fused-ring (bicyclic) bond motifs is 1. The Kier molecular flexibility index (Phi) is 4.14. The fourth-order valence-corrected chi connectivity index (χ4v) is 4.41. The molecule has 0 bridgehead atoms. The lowest BCUT2D eigenvalue weighted by atomic mass is 9.98. The van der Waals surface area contributed by atoms with Gasteiger partial charge >= 0.3 is 0 Å². The second kappa shape index (κ2) is 6.83. The van der Waals surface area contributed by atoms with Crippen molar-refractivity contribution in [3.63, 3.8) is 0 Å². The van der Waals surface area contributed by atoms with Crippen molar-refractivity contribution in [2.24, 2.45) is 0 Å². The molecule has 0 spiro atoms. The number of carbonyl (C=O) groups is 1. The summed E-state index contributed by atoms with van der Waals surface area (Å²) in [5, 5.41) is 15.8. The van der Waals surface area contributed by atoms with E-state index in [2.05, 4.69) is 4.98 Å². The van der Waals surface area contributed by atoms with Gasteiger partial charge in [0.05, 0.1) is 22.8 Å². The number of aromatic nitrogens is 2. The number of aryl methyl sites for hydroxylation is 1. The van der Waals surface area contributed by atoms with E-state index in [4.69, 9.17) is 4.98 Å². The summed E-state index contributed by atoms with van der Waals surface area (Å²) in [7, 11) is 0. The van der Waals surface area contributed by atoms with Crippen molar-refractivity contribution < 1.29 is 9.90 Å². The Morgan fingerprint density at radius 3 is 2.66 bits per heavy atom. The van der Waals surface area contributed by atoms with Crippen LogP contribution in [0.2, 0.25) is 0 Å². The second-order valence-corrected chi connectivity index (χ2v) is 7.70. The summed E-state index contributed by atoms with van der Waals surface area (Å²) in [5.41, 5.74) is 3.62. The number of aliphatic hydroxyl groups is 1. The number of nitrogens with zero attached hydrogens (tertiary/aromatic N) is 3. The molecule has 0 saturated carbocycles. The summed E-state index contributed by atoms with van der Waals surface area (Å²) in [5.74, 6) is -0.245. The monoisotopic (exact) mass is 399 g/mol. The number of pyridine rings is 2. The molecule has 29 heavy (non-hydrogen) atoms. The molecule has 1 N–H and O–H groups in total. The number of benzene rings is 1. The Labute approximate surface area is 171 Å². The van der Waals surface area contributed by atoms with E-state index in [1.165, 1.54) is 0 Å². The summed E-state index contributed by atoms with van der Waals surface area (Å²) in [6.45, 7) is 1.88. The maximum Gasteiger partial charge on any atom is 0.295 e. The average molecular weight is 399 g/mol. The Bertz CT molecular complexity index is 1260. The van der Waals surface area contributed by atoms with Crippen molar-refractivity contribution in [2.75, 3.05) is 4.90 Å². The van der Waals surface area contributed by atoms with Crippen LogP contribution >= 0.6 is 11.3 Å². The van der Waals surface area contributed by atoms with Crippen LogP contribution in [0.5, 0.6) is 0 Å². The molecule has 3 aromatic heterocycles. The van der Waals surface area contributed by atoms with Gasteiger partial charge in [0, 0.05) is 11.1 Å². The van der Waals surface area contributed by atoms with Crippen LogP contribution in [-0.4, -0.2) is 21.0 Å². The van der Waals surface area contributed by atoms with Crippen LogP contribution in [-0.2, 0) is 4.79 Å². The Morgan fingerprint density at radius 2 is 1.86 bits per heavy atom. The predicted octanol–water partition coefficient (Wildman–Crippen LogP) is 5.06. The zero-order valence-electron chi connectivity index (χ0n) is 15.6. The summed E-state index contributed by atoms with van der Waals surface area (Å²) < 4.78 is 0. The van der Waals surface area contributed by atoms with Crippen molar-refractivity contribution in [2.45, 2.75) is 13.0 Å². The first kappa shape index (κ1) is 17.6. The van der Waals surface area contributed by atoms with E-state index >= 15 is 0 Å².